The van der Waals surface area contributed by atoms with Crippen molar-refractivity contribution < 1.29 is 32.6 Å². The summed E-state index contributed by atoms with van der Waals surface area (Å²) >= 11 is 4.74. The summed E-state index contributed by atoms with van der Waals surface area (Å²) in [6.45, 7) is 2.50. The number of rotatable bonds is 10. The van der Waals surface area contributed by atoms with Crippen LogP contribution in [0.4, 0.5) is 5.69 Å². The molecule has 0 spiro atoms. The summed E-state index contributed by atoms with van der Waals surface area (Å²) in [5.41, 5.74) is 1.92. The average Bonchev–Trinajstić information content (AvgIpc) is 3.32. The number of hydrogen-bond donors (Lipinski definition) is 2. The summed E-state index contributed by atoms with van der Waals surface area (Å²) in [5.74, 6) is -1.40. The maximum absolute atomic E-state index is 13.9. The minimum atomic E-state index is -3.75. The molecule has 10 nitrogen and oxygen atoms in total. The molecule has 2 fully saturated rings. The van der Waals surface area contributed by atoms with Gasteiger partial charge in [-0.25, -0.2) is 13.2 Å². The van der Waals surface area contributed by atoms with Gasteiger partial charge in [-0.3, -0.25) is 9.10 Å². The van der Waals surface area contributed by atoms with E-state index in [1.165, 1.54) is 11.3 Å². The van der Waals surface area contributed by atoms with Gasteiger partial charge in [0.25, 0.3) is 5.91 Å². The highest BCUT2D eigenvalue weighted by Crippen LogP contribution is 2.47. The number of halogens is 1. The van der Waals surface area contributed by atoms with Crippen LogP contribution in [0.1, 0.15) is 28.1 Å². The standard InChI is InChI=1S/C29H32BrN3O7S2/c30-25-26(40-18-24(34)35)28(29(36)32-13-15-39-16-14-32)41-27(25)21-7-4-8-23(17-21)33(22-9-11-31-12-10-22)42(37,38)19-20-5-2-1-3-6-20/h1-8,17,22,31H,9-16,18-19H2,(H,34,35). The Balaban J connectivity index is 1.54. The van der Waals surface area contributed by atoms with Crippen LogP contribution in [0.3, 0.4) is 0 Å². The van der Waals surface area contributed by atoms with E-state index in [1.54, 1.807) is 21.3 Å². The van der Waals surface area contributed by atoms with Crippen molar-refractivity contribution >= 4 is 54.9 Å². The number of hydrogen-bond acceptors (Lipinski definition) is 8. The van der Waals surface area contributed by atoms with Crippen LogP contribution >= 0.6 is 27.3 Å². The molecule has 2 aliphatic rings. The highest BCUT2D eigenvalue weighted by molar-refractivity contribution is 9.10. The van der Waals surface area contributed by atoms with Gasteiger partial charge >= 0.3 is 5.97 Å². The molecule has 224 valence electrons. The lowest BCUT2D eigenvalue weighted by molar-refractivity contribution is -0.139. The van der Waals surface area contributed by atoms with Gasteiger partial charge in [0.1, 0.15) is 4.88 Å². The second-order valence-electron chi connectivity index (χ2n) is 10.1. The second kappa shape index (κ2) is 13.6. The summed E-state index contributed by atoms with van der Waals surface area (Å²) in [6, 6.07) is 16.2. The first-order valence-corrected chi connectivity index (χ1v) is 16.9. The molecule has 0 saturated carbocycles. The van der Waals surface area contributed by atoms with Crippen LogP contribution < -0.4 is 14.4 Å². The van der Waals surface area contributed by atoms with Crippen molar-refractivity contribution in [1.82, 2.24) is 10.2 Å². The maximum atomic E-state index is 13.9. The molecule has 3 aromatic rings. The lowest BCUT2D eigenvalue weighted by atomic mass is 10.1. The first-order valence-electron chi connectivity index (χ1n) is 13.7. The number of benzene rings is 2. The molecule has 0 unspecified atom stereocenters. The molecule has 0 bridgehead atoms. The predicted octanol–water partition coefficient (Wildman–Crippen LogP) is 4.20. The van der Waals surface area contributed by atoms with E-state index in [-0.39, 0.29) is 28.3 Å². The number of carboxylic acids is 1. The van der Waals surface area contributed by atoms with Crippen molar-refractivity contribution in [3.05, 3.63) is 69.5 Å². The molecule has 1 amide bonds. The highest BCUT2D eigenvalue weighted by Gasteiger charge is 2.33. The maximum Gasteiger partial charge on any atom is 0.341 e. The molecule has 1 aromatic heterocycles. The number of amides is 1. The summed E-state index contributed by atoms with van der Waals surface area (Å²) in [5, 5.41) is 12.6. The molecule has 2 saturated heterocycles. The van der Waals surface area contributed by atoms with E-state index >= 15 is 0 Å². The minimum absolute atomic E-state index is 0.129. The van der Waals surface area contributed by atoms with E-state index in [0.29, 0.717) is 65.3 Å². The fourth-order valence-electron chi connectivity index (χ4n) is 5.17. The van der Waals surface area contributed by atoms with Gasteiger partial charge in [0, 0.05) is 19.1 Å². The number of nitrogens with one attached hydrogen (secondary N) is 1. The molecule has 0 aliphatic carbocycles. The van der Waals surface area contributed by atoms with Crippen molar-refractivity contribution in [1.29, 1.82) is 0 Å². The monoisotopic (exact) mass is 677 g/mol. The summed E-state index contributed by atoms with van der Waals surface area (Å²) in [4.78, 5) is 27.4. The molecule has 2 aliphatic heterocycles. The Morgan fingerprint density at radius 2 is 1.81 bits per heavy atom. The molecule has 13 heteroatoms. The van der Waals surface area contributed by atoms with E-state index in [0.717, 1.165) is 13.1 Å². The Morgan fingerprint density at radius 3 is 2.50 bits per heavy atom. The quantitative estimate of drug-likeness (QED) is 0.327. The summed E-state index contributed by atoms with van der Waals surface area (Å²) in [7, 11) is -3.75. The van der Waals surface area contributed by atoms with E-state index < -0.39 is 22.6 Å². The lowest BCUT2D eigenvalue weighted by Gasteiger charge is -2.35. The lowest BCUT2D eigenvalue weighted by Crippen LogP contribution is -2.46. The number of aliphatic carboxylic acids is 1. The number of carbonyl (C=O) groups excluding carboxylic acids is 1. The van der Waals surface area contributed by atoms with Crippen LogP contribution in [0.5, 0.6) is 5.75 Å². The predicted molar refractivity (Wildman–Crippen MR) is 165 cm³/mol. The first kappa shape index (κ1) is 30.5. The van der Waals surface area contributed by atoms with E-state index in [9.17, 15) is 23.1 Å². The number of carbonyl (C=O) groups is 2. The number of piperidine rings is 1. The minimum Gasteiger partial charge on any atom is -0.479 e. The number of anilines is 1. The molecule has 2 N–H and O–H groups in total. The smallest absolute Gasteiger partial charge is 0.341 e. The van der Waals surface area contributed by atoms with Crippen molar-refractivity contribution in [2.75, 3.05) is 50.3 Å². The van der Waals surface area contributed by atoms with Gasteiger partial charge in [0.15, 0.2) is 12.4 Å². The van der Waals surface area contributed by atoms with Gasteiger partial charge in [0.05, 0.1) is 34.0 Å². The molecule has 42 heavy (non-hydrogen) atoms. The highest BCUT2D eigenvalue weighted by atomic mass is 79.9. The fourth-order valence-corrected chi connectivity index (χ4v) is 9.04. The SMILES string of the molecule is O=C(O)COc1c(C(=O)N2CCOCC2)sc(-c2cccc(N(C3CCNCC3)S(=O)(=O)Cc3ccccc3)c2)c1Br. The van der Waals surface area contributed by atoms with E-state index in [1.807, 2.05) is 42.5 Å². The Morgan fingerprint density at radius 1 is 1.10 bits per heavy atom. The number of carboxylic acid groups (broad SMARTS) is 1. The van der Waals surface area contributed by atoms with Crippen molar-refractivity contribution in [2.45, 2.75) is 24.6 Å². The van der Waals surface area contributed by atoms with Gasteiger partial charge in [-0.2, -0.15) is 0 Å². The van der Waals surface area contributed by atoms with Crippen LogP contribution in [0.2, 0.25) is 0 Å². The molecular formula is C29H32BrN3O7S2. The molecule has 0 radical (unpaired) electrons. The Kier molecular flexibility index (Phi) is 9.84. The molecule has 3 heterocycles. The third kappa shape index (κ3) is 6.97. The largest absolute Gasteiger partial charge is 0.479 e. The zero-order valence-corrected chi connectivity index (χ0v) is 26.0. The topological polar surface area (TPSA) is 125 Å². The summed E-state index contributed by atoms with van der Waals surface area (Å²) < 4.78 is 40.9. The summed E-state index contributed by atoms with van der Waals surface area (Å²) in [6.07, 6.45) is 1.35. The van der Waals surface area contributed by atoms with Crippen molar-refractivity contribution in [3.63, 3.8) is 0 Å². The van der Waals surface area contributed by atoms with Crippen LogP contribution in [0.25, 0.3) is 10.4 Å². The number of sulfonamides is 1. The van der Waals surface area contributed by atoms with Crippen LogP contribution in [-0.2, 0) is 25.3 Å². The van der Waals surface area contributed by atoms with Crippen molar-refractivity contribution in [3.8, 4) is 16.2 Å². The van der Waals surface area contributed by atoms with Gasteiger partial charge in [0.2, 0.25) is 10.0 Å². The third-order valence-corrected chi connectivity index (χ3v) is 11.2. The number of thiophene rings is 1. The third-order valence-electron chi connectivity index (χ3n) is 7.14. The van der Waals surface area contributed by atoms with Crippen LogP contribution in [0, 0.1) is 0 Å². The van der Waals surface area contributed by atoms with Crippen LogP contribution in [-0.4, -0.2) is 82.3 Å². The van der Waals surface area contributed by atoms with Gasteiger partial charge in [-0.05, 0) is 65.1 Å². The average molecular weight is 679 g/mol. The number of ether oxygens (including phenoxy) is 2. The Hall–Kier alpha value is -2.97. The fraction of sp³-hybridized carbons (Fsp3) is 0.379. The van der Waals surface area contributed by atoms with Gasteiger partial charge in [-0.1, -0.05) is 42.5 Å². The molecular weight excluding hydrogens is 646 g/mol. The second-order valence-corrected chi connectivity index (χ2v) is 13.7. The molecule has 0 atom stereocenters. The van der Waals surface area contributed by atoms with Crippen LogP contribution in [0.15, 0.2) is 59.1 Å². The molecule has 2 aromatic carbocycles. The zero-order valence-electron chi connectivity index (χ0n) is 22.8. The van der Waals surface area contributed by atoms with Gasteiger partial charge in [-0.15, -0.1) is 11.3 Å². The van der Waals surface area contributed by atoms with E-state index in [4.69, 9.17) is 9.47 Å². The van der Waals surface area contributed by atoms with Crippen molar-refractivity contribution in [2.24, 2.45) is 0 Å². The first-order chi connectivity index (χ1) is 20.2. The zero-order chi connectivity index (χ0) is 29.7. The Labute approximate surface area is 257 Å². The molecule has 5 rings (SSSR count). The van der Waals surface area contributed by atoms with Gasteiger partial charge < -0.3 is 24.8 Å². The number of morpholine rings is 1. The van der Waals surface area contributed by atoms with E-state index in [2.05, 4.69) is 21.2 Å². The number of nitrogens with zero attached hydrogens (tertiary/aromatic N) is 2. The Bertz CT molecular complexity index is 1520. The normalized spacial score (nSPS) is 16.3.